The van der Waals surface area contributed by atoms with E-state index in [1.165, 1.54) is 7.11 Å². The van der Waals surface area contributed by atoms with Crippen LogP contribution in [0, 0.1) is 0 Å². The fraction of sp³-hybridized carbons (Fsp3) is 0.700. The average molecular weight is 310 g/mol. The molecule has 10 heteroatoms. The van der Waals surface area contributed by atoms with Gasteiger partial charge in [-0.15, -0.1) is 10.2 Å². The number of hydrogen-bond donors (Lipinski definition) is 1. The number of anilines is 1. The van der Waals surface area contributed by atoms with E-state index in [9.17, 15) is 18.0 Å². The minimum atomic E-state index is -4.47. The number of ether oxygens (including phenoxy) is 1. The largest absolute Gasteiger partial charge is 0.453 e. The molecule has 0 radical (unpaired) electrons. The van der Waals surface area contributed by atoms with E-state index in [0.29, 0.717) is 37.3 Å². The molecule has 1 N–H and O–H groups in total. The molecular weight excluding hydrogens is 297 g/mol. The number of amides is 1. The summed E-state index contributed by atoms with van der Waals surface area (Å²) in [6.07, 6.45) is -3.61. The third kappa shape index (κ3) is 3.50. The zero-order chi connectivity index (χ0) is 14.8. The minimum Gasteiger partial charge on any atom is -0.453 e. The maximum Gasteiger partial charge on any atom is 0.445 e. The highest BCUT2D eigenvalue weighted by molar-refractivity contribution is 7.15. The molecule has 112 valence electrons. The molecule has 2 rings (SSSR count). The lowest BCUT2D eigenvalue weighted by Crippen LogP contribution is -2.42. The quantitative estimate of drug-likeness (QED) is 0.907. The van der Waals surface area contributed by atoms with E-state index in [1.807, 2.05) is 0 Å². The number of nitrogens with zero attached hydrogens (tertiary/aromatic N) is 3. The predicted molar refractivity (Wildman–Crippen MR) is 65.5 cm³/mol. The van der Waals surface area contributed by atoms with Gasteiger partial charge in [0.15, 0.2) is 0 Å². The summed E-state index contributed by atoms with van der Waals surface area (Å²) in [6.45, 7) is 0.991. The molecule has 2 heterocycles. The monoisotopic (exact) mass is 310 g/mol. The number of likely N-dealkylation sites (tertiary alicyclic amines) is 1. The lowest BCUT2D eigenvalue weighted by molar-refractivity contribution is -0.138. The Balaban J connectivity index is 1.87. The minimum absolute atomic E-state index is 0.0232. The Bertz CT molecular complexity index is 471. The van der Waals surface area contributed by atoms with Gasteiger partial charge in [-0.25, -0.2) is 4.79 Å². The van der Waals surface area contributed by atoms with Gasteiger partial charge in [0.25, 0.3) is 0 Å². The van der Waals surface area contributed by atoms with Crippen LogP contribution in [0.1, 0.15) is 17.8 Å². The Kier molecular flexibility index (Phi) is 4.31. The highest BCUT2D eigenvalue weighted by atomic mass is 32.1. The van der Waals surface area contributed by atoms with Crippen LogP contribution < -0.4 is 5.32 Å². The number of halogens is 3. The molecule has 0 saturated carbocycles. The second kappa shape index (κ2) is 5.81. The first-order valence-corrected chi connectivity index (χ1v) is 6.72. The second-order valence-electron chi connectivity index (χ2n) is 4.29. The molecule has 0 bridgehead atoms. The third-order valence-corrected chi connectivity index (χ3v) is 3.82. The van der Waals surface area contributed by atoms with Crippen molar-refractivity contribution in [2.75, 3.05) is 25.5 Å². The molecule has 1 saturated heterocycles. The van der Waals surface area contributed by atoms with Crippen LogP contribution in [-0.4, -0.2) is 47.4 Å². The number of methoxy groups -OCH3 is 1. The number of alkyl halides is 3. The Morgan fingerprint density at radius 1 is 1.40 bits per heavy atom. The zero-order valence-electron chi connectivity index (χ0n) is 10.6. The van der Waals surface area contributed by atoms with Gasteiger partial charge < -0.3 is 15.0 Å². The molecule has 1 aromatic rings. The van der Waals surface area contributed by atoms with Crippen LogP contribution in [0.4, 0.5) is 23.1 Å². The average Bonchev–Trinajstić information content (AvgIpc) is 2.87. The van der Waals surface area contributed by atoms with Gasteiger partial charge in [0.1, 0.15) is 0 Å². The van der Waals surface area contributed by atoms with Gasteiger partial charge in [0.05, 0.1) is 7.11 Å². The van der Waals surface area contributed by atoms with Crippen molar-refractivity contribution in [3.8, 4) is 0 Å². The molecule has 20 heavy (non-hydrogen) atoms. The standard InChI is InChI=1S/C10H13F3N4O2S/c1-19-9(18)17-4-2-6(3-5-17)14-8-16-15-7(20-8)10(11,12)13/h6H,2-5H2,1H3,(H,14,16). The van der Waals surface area contributed by atoms with Crippen molar-refractivity contribution < 1.29 is 22.7 Å². The van der Waals surface area contributed by atoms with Gasteiger partial charge in [-0.2, -0.15) is 13.2 Å². The van der Waals surface area contributed by atoms with E-state index in [2.05, 4.69) is 20.3 Å². The number of carbonyl (C=O) groups is 1. The Hall–Kier alpha value is -1.58. The fourth-order valence-electron chi connectivity index (χ4n) is 1.91. The van der Waals surface area contributed by atoms with E-state index in [1.54, 1.807) is 4.90 Å². The van der Waals surface area contributed by atoms with Gasteiger partial charge in [-0.1, -0.05) is 11.3 Å². The molecular formula is C10H13F3N4O2S. The number of aromatic nitrogens is 2. The van der Waals surface area contributed by atoms with E-state index in [-0.39, 0.29) is 11.2 Å². The summed E-state index contributed by atoms with van der Waals surface area (Å²) in [6, 6.07) is -0.0232. The molecule has 1 fully saturated rings. The number of hydrogen-bond acceptors (Lipinski definition) is 6. The fourth-order valence-corrected chi connectivity index (χ4v) is 2.59. The molecule has 1 aliphatic heterocycles. The van der Waals surface area contributed by atoms with Gasteiger partial charge in [-0.05, 0) is 12.8 Å². The molecule has 0 spiro atoms. The molecule has 0 aliphatic carbocycles. The molecule has 0 atom stereocenters. The van der Waals surface area contributed by atoms with E-state index < -0.39 is 17.3 Å². The van der Waals surface area contributed by atoms with Crippen molar-refractivity contribution >= 4 is 22.6 Å². The van der Waals surface area contributed by atoms with Gasteiger partial charge >= 0.3 is 12.3 Å². The van der Waals surface area contributed by atoms with Crippen LogP contribution in [0.3, 0.4) is 0 Å². The summed E-state index contributed by atoms with van der Waals surface area (Å²) in [5.74, 6) is 0. The maximum atomic E-state index is 12.4. The van der Waals surface area contributed by atoms with Crippen molar-refractivity contribution in [1.29, 1.82) is 0 Å². The topological polar surface area (TPSA) is 67.3 Å². The molecule has 6 nitrogen and oxygen atoms in total. The van der Waals surface area contributed by atoms with E-state index in [4.69, 9.17) is 0 Å². The lowest BCUT2D eigenvalue weighted by Gasteiger charge is -2.31. The Labute approximate surface area is 116 Å². The molecule has 1 aliphatic rings. The van der Waals surface area contributed by atoms with Crippen LogP contribution >= 0.6 is 11.3 Å². The first-order chi connectivity index (χ1) is 9.40. The summed E-state index contributed by atoms with van der Waals surface area (Å²) in [5, 5.41) is 8.68. The molecule has 1 aromatic heterocycles. The number of nitrogens with one attached hydrogen (secondary N) is 1. The van der Waals surface area contributed by atoms with Gasteiger partial charge in [-0.3, -0.25) is 0 Å². The highest BCUT2D eigenvalue weighted by Gasteiger charge is 2.36. The first kappa shape index (κ1) is 14.8. The first-order valence-electron chi connectivity index (χ1n) is 5.90. The van der Waals surface area contributed by atoms with Crippen molar-refractivity contribution in [3.63, 3.8) is 0 Å². The smallest absolute Gasteiger partial charge is 0.445 e. The van der Waals surface area contributed by atoms with Crippen molar-refractivity contribution in [3.05, 3.63) is 5.01 Å². The Morgan fingerprint density at radius 3 is 2.55 bits per heavy atom. The Morgan fingerprint density at radius 2 is 2.05 bits per heavy atom. The predicted octanol–water partition coefficient (Wildman–Crippen LogP) is 2.20. The van der Waals surface area contributed by atoms with Crippen molar-refractivity contribution in [2.24, 2.45) is 0 Å². The van der Waals surface area contributed by atoms with Crippen LogP contribution in [-0.2, 0) is 10.9 Å². The van der Waals surface area contributed by atoms with Crippen LogP contribution in [0.15, 0.2) is 0 Å². The normalized spacial score (nSPS) is 17.1. The van der Waals surface area contributed by atoms with Crippen molar-refractivity contribution in [2.45, 2.75) is 25.1 Å². The van der Waals surface area contributed by atoms with Crippen molar-refractivity contribution in [1.82, 2.24) is 15.1 Å². The van der Waals surface area contributed by atoms with Gasteiger partial charge in [0.2, 0.25) is 10.1 Å². The van der Waals surface area contributed by atoms with Crippen LogP contribution in [0.5, 0.6) is 0 Å². The second-order valence-corrected chi connectivity index (χ2v) is 5.26. The lowest BCUT2D eigenvalue weighted by atomic mass is 10.1. The number of rotatable bonds is 2. The summed E-state index contributed by atoms with van der Waals surface area (Å²) in [4.78, 5) is 12.8. The number of carbonyl (C=O) groups excluding carboxylic acids is 1. The summed E-state index contributed by atoms with van der Waals surface area (Å²) in [5.41, 5.74) is 0. The van der Waals surface area contributed by atoms with Gasteiger partial charge in [0, 0.05) is 19.1 Å². The highest BCUT2D eigenvalue weighted by Crippen LogP contribution is 2.33. The van der Waals surface area contributed by atoms with E-state index >= 15 is 0 Å². The third-order valence-electron chi connectivity index (χ3n) is 2.92. The SMILES string of the molecule is COC(=O)N1CCC(Nc2nnc(C(F)(F)F)s2)CC1. The maximum absolute atomic E-state index is 12.4. The van der Waals surface area contributed by atoms with Crippen LogP contribution in [0.25, 0.3) is 0 Å². The molecule has 0 unspecified atom stereocenters. The molecule has 1 amide bonds. The van der Waals surface area contributed by atoms with Crippen LogP contribution in [0.2, 0.25) is 0 Å². The summed E-state index contributed by atoms with van der Waals surface area (Å²) in [7, 11) is 1.31. The zero-order valence-corrected chi connectivity index (χ0v) is 11.4. The number of piperidine rings is 1. The summed E-state index contributed by atoms with van der Waals surface area (Å²) >= 11 is 0.482. The molecule has 0 aromatic carbocycles. The summed E-state index contributed by atoms with van der Waals surface area (Å²) < 4.78 is 41.7. The van der Waals surface area contributed by atoms with E-state index in [0.717, 1.165) is 0 Å².